The summed E-state index contributed by atoms with van der Waals surface area (Å²) in [5.74, 6) is 1.13. The second-order valence-corrected chi connectivity index (χ2v) is 8.46. The van der Waals surface area contributed by atoms with Crippen LogP contribution < -0.4 is 14.3 Å². The van der Waals surface area contributed by atoms with E-state index in [-0.39, 0.29) is 11.9 Å². The fourth-order valence-corrected chi connectivity index (χ4v) is 4.75. The van der Waals surface area contributed by atoms with E-state index in [2.05, 4.69) is 16.0 Å². The van der Waals surface area contributed by atoms with Crippen LogP contribution in [-0.2, 0) is 0 Å². The number of nitrogens with zero attached hydrogens (tertiary/aromatic N) is 2. The number of H-pyrrole nitrogens is 1. The van der Waals surface area contributed by atoms with Gasteiger partial charge in [0.25, 0.3) is 0 Å². The van der Waals surface area contributed by atoms with Gasteiger partial charge in [-0.15, -0.1) is 0 Å². The Bertz CT molecular complexity index is 1160. The van der Waals surface area contributed by atoms with Crippen molar-refractivity contribution in [2.24, 2.45) is 0 Å². The van der Waals surface area contributed by atoms with Crippen molar-refractivity contribution in [1.29, 1.82) is 0 Å². The summed E-state index contributed by atoms with van der Waals surface area (Å²) in [4.78, 5) is 7.55. The van der Waals surface area contributed by atoms with Gasteiger partial charge >= 0.3 is 7.05 Å². The molecule has 0 fully saturated rings. The number of nitrogens with one attached hydrogen (secondary N) is 1. The van der Waals surface area contributed by atoms with Crippen LogP contribution in [0, 0.1) is 5.82 Å². The third kappa shape index (κ3) is 3.85. The van der Waals surface area contributed by atoms with Crippen molar-refractivity contribution in [3.63, 3.8) is 0 Å². The van der Waals surface area contributed by atoms with Crippen LogP contribution in [0.4, 0.5) is 10.1 Å². The highest BCUT2D eigenvalue weighted by Gasteiger charge is 2.33. The Balaban J connectivity index is 1.31. The maximum Gasteiger partial charge on any atom is 0.409 e. The fourth-order valence-electron chi connectivity index (χ4n) is 4.75. The lowest BCUT2D eigenvalue weighted by Gasteiger charge is -2.39. The highest BCUT2D eigenvalue weighted by atomic mass is 19.1. The molecule has 0 amide bonds. The van der Waals surface area contributed by atoms with E-state index in [9.17, 15) is 9.41 Å². The zero-order valence-corrected chi connectivity index (χ0v) is 18.3. The molecular weight excluding hydrogens is 408 g/mol. The summed E-state index contributed by atoms with van der Waals surface area (Å²) in [5.41, 5.74) is 4.11. The minimum Gasteiger partial charge on any atom is -0.493 e. The van der Waals surface area contributed by atoms with Gasteiger partial charge in [-0.3, -0.25) is 4.90 Å². The minimum absolute atomic E-state index is 0.0921. The summed E-state index contributed by atoms with van der Waals surface area (Å²) in [5, 5.41) is 11.3. The molecule has 3 heterocycles. The van der Waals surface area contributed by atoms with E-state index >= 15 is 0 Å². The monoisotopic (exact) mass is 435 g/mol. The standard InChI is InChI=1S/C24H27BFN3O3/c1-25(30)29-15-18(32-24-22(29)4-3-5-23(24)31-2)14-28-10-8-16(9-11-28)20-13-27-21-7-6-17(26)12-19(20)21/h3-8,12-13,18,27,30H,9-11,14-15H2,1-2H3. The number of ether oxygens (including phenoxy) is 2. The van der Waals surface area contributed by atoms with Crippen LogP contribution in [0.1, 0.15) is 12.0 Å². The number of hydrogen-bond acceptors (Lipinski definition) is 5. The second kappa shape index (κ2) is 8.52. The minimum atomic E-state index is -0.623. The number of benzene rings is 2. The molecule has 166 valence electrons. The van der Waals surface area contributed by atoms with Crippen LogP contribution in [-0.4, -0.2) is 61.4 Å². The Kier molecular flexibility index (Phi) is 5.57. The molecule has 0 spiro atoms. The number of para-hydroxylation sites is 1. The summed E-state index contributed by atoms with van der Waals surface area (Å²) in [7, 11) is 1.01. The number of anilines is 1. The topological polar surface area (TPSA) is 61.0 Å². The molecule has 1 unspecified atom stereocenters. The van der Waals surface area contributed by atoms with Gasteiger partial charge in [0.05, 0.1) is 12.8 Å². The lowest BCUT2D eigenvalue weighted by atomic mass is 9.83. The number of rotatable bonds is 5. The zero-order valence-electron chi connectivity index (χ0n) is 18.3. The summed E-state index contributed by atoms with van der Waals surface area (Å²) in [6, 6.07) is 10.6. The van der Waals surface area contributed by atoms with Gasteiger partial charge in [0.1, 0.15) is 11.9 Å². The van der Waals surface area contributed by atoms with Gasteiger partial charge in [0.15, 0.2) is 11.5 Å². The summed E-state index contributed by atoms with van der Waals surface area (Å²) < 4.78 is 25.6. The summed E-state index contributed by atoms with van der Waals surface area (Å²) in [6.45, 7) is 4.80. The molecule has 0 aliphatic carbocycles. The Morgan fingerprint density at radius 2 is 2.19 bits per heavy atom. The zero-order chi connectivity index (χ0) is 22.2. The normalized spacial score (nSPS) is 18.8. The third-order valence-corrected chi connectivity index (χ3v) is 6.37. The molecule has 0 saturated heterocycles. The molecular formula is C24H27BFN3O3. The Hall–Kier alpha value is -2.97. The molecule has 5 rings (SSSR count). The first kappa shape index (κ1) is 20.9. The van der Waals surface area contributed by atoms with Crippen LogP contribution in [0.5, 0.6) is 11.5 Å². The fraction of sp³-hybridized carbons (Fsp3) is 0.333. The predicted molar refractivity (Wildman–Crippen MR) is 126 cm³/mol. The molecule has 2 aromatic carbocycles. The van der Waals surface area contributed by atoms with E-state index in [1.54, 1.807) is 26.1 Å². The first-order valence-electron chi connectivity index (χ1n) is 11.0. The van der Waals surface area contributed by atoms with Crippen molar-refractivity contribution in [3.8, 4) is 11.5 Å². The SMILES string of the molecule is COc1cccc2c1OC(CN1CC=C(c3c[nH]c4ccc(F)cc34)CC1)CN2B(C)O. The highest BCUT2D eigenvalue weighted by molar-refractivity contribution is 6.54. The third-order valence-electron chi connectivity index (χ3n) is 6.37. The van der Waals surface area contributed by atoms with Crippen molar-refractivity contribution in [2.75, 3.05) is 38.1 Å². The molecule has 0 radical (unpaired) electrons. The maximum atomic E-state index is 13.7. The van der Waals surface area contributed by atoms with Crippen LogP contribution in [0.3, 0.4) is 0 Å². The Morgan fingerprint density at radius 3 is 2.94 bits per heavy atom. The van der Waals surface area contributed by atoms with Gasteiger partial charge in [-0.25, -0.2) is 4.39 Å². The molecule has 8 heteroatoms. The van der Waals surface area contributed by atoms with Gasteiger partial charge in [-0.1, -0.05) is 12.1 Å². The van der Waals surface area contributed by atoms with E-state index in [0.717, 1.165) is 48.2 Å². The van der Waals surface area contributed by atoms with E-state index in [1.165, 1.54) is 11.6 Å². The van der Waals surface area contributed by atoms with E-state index in [0.29, 0.717) is 18.0 Å². The van der Waals surface area contributed by atoms with Gasteiger partial charge in [-0.2, -0.15) is 0 Å². The van der Waals surface area contributed by atoms with Crippen LogP contribution in [0.15, 0.2) is 48.7 Å². The average Bonchev–Trinajstić information content (AvgIpc) is 3.21. The molecule has 6 nitrogen and oxygen atoms in total. The quantitative estimate of drug-likeness (QED) is 0.598. The molecule has 1 aromatic heterocycles. The Labute approximate surface area is 187 Å². The van der Waals surface area contributed by atoms with E-state index < -0.39 is 7.05 Å². The van der Waals surface area contributed by atoms with Crippen molar-refractivity contribution < 1.29 is 18.9 Å². The van der Waals surface area contributed by atoms with Crippen LogP contribution >= 0.6 is 0 Å². The van der Waals surface area contributed by atoms with Gasteiger partial charge in [-0.05, 0) is 49.1 Å². The predicted octanol–water partition coefficient (Wildman–Crippen LogP) is 3.78. The van der Waals surface area contributed by atoms with Crippen molar-refractivity contribution in [2.45, 2.75) is 19.3 Å². The summed E-state index contributed by atoms with van der Waals surface area (Å²) in [6.07, 6.45) is 4.99. The number of aromatic amines is 1. The molecule has 0 saturated carbocycles. The van der Waals surface area contributed by atoms with E-state index in [4.69, 9.17) is 9.47 Å². The largest absolute Gasteiger partial charge is 0.493 e. The molecule has 32 heavy (non-hydrogen) atoms. The molecule has 2 aliphatic heterocycles. The highest BCUT2D eigenvalue weighted by Crippen LogP contribution is 2.41. The lowest BCUT2D eigenvalue weighted by Crippen LogP contribution is -2.51. The molecule has 2 N–H and O–H groups in total. The first-order chi connectivity index (χ1) is 15.5. The maximum absolute atomic E-state index is 13.7. The molecule has 0 bridgehead atoms. The number of aromatic nitrogens is 1. The van der Waals surface area contributed by atoms with Crippen LogP contribution in [0.2, 0.25) is 6.82 Å². The smallest absolute Gasteiger partial charge is 0.409 e. The van der Waals surface area contributed by atoms with Crippen LogP contribution in [0.25, 0.3) is 16.5 Å². The Morgan fingerprint density at radius 1 is 1.31 bits per heavy atom. The number of hydrogen-bond donors (Lipinski definition) is 2. The number of fused-ring (bicyclic) bond motifs is 2. The molecule has 3 aromatic rings. The van der Waals surface area contributed by atoms with E-state index in [1.807, 2.05) is 29.2 Å². The van der Waals surface area contributed by atoms with Gasteiger partial charge in [0.2, 0.25) is 0 Å². The van der Waals surface area contributed by atoms with Gasteiger partial charge < -0.3 is 24.3 Å². The average molecular weight is 435 g/mol. The first-order valence-corrected chi connectivity index (χ1v) is 11.0. The molecule has 1 atom stereocenters. The summed E-state index contributed by atoms with van der Waals surface area (Å²) >= 11 is 0. The number of halogens is 1. The second-order valence-electron chi connectivity index (χ2n) is 8.46. The van der Waals surface area contributed by atoms with Crippen molar-refractivity contribution in [3.05, 3.63) is 60.1 Å². The van der Waals surface area contributed by atoms with Gasteiger partial charge in [0, 0.05) is 48.8 Å². The molecule has 2 aliphatic rings. The number of methoxy groups -OCH3 is 1. The van der Waals surface area contributed by atoms with Crippen molar-refractivity contribution >= 4 is 29.2 Å². The lowest BCUT2D eigenvalue weighted by molar-refractivity contribution is 0.133. The van der Waals surface area contributed by atoms with Crippen molar-refractivity contribution in [1.82, 2.24) is 9.88 Å².